The summed E-state index contributed by atoms with van der Waals surface area (Å²) >= 11 is 7.63. The summed E-state index contributed by atoms with van der Waals surface area (Å²) in [5.41, 5.74) is 4.53. The molecule has 0 aliphatic heterocycles. The lowest BCUT2D eigenvalue weighted by Crippen LogP contribution is -2.06. The van der Waals surface area contributed by atoms with Gasteiger partial charge in [0.2, 0.25) is 0 Å². The number of aromatic nitrogens is 3. The quantitative estimate of drug-likeness (QED) is 0.150. The molecule has 178 valence electrons. The first kappa shape index (κ1) is 24.5. The number of ether oxygens (including phenoxy) is 1. The lowest BCUT2D eigenvalue weighted by atomic mass is 9.95. The van der Waals surface area contributed by atoms with E-state index in [1.165, 1.54) is 5.56 Å². The fourth-order valence-corrected chi connectivity index (χ4v) is 5.13. The summed E-state index contributed by atoms with van der Waals surface area (Å²) < 4.78 is 12.9. The van der Waals surface area contributed by atoms with Crippen molar-refractivity contribution in [3.63, 3.8) is 0 Å². The van der Waals surface area contributed by atoms with Crippen molar-refractivity contribution in [1.82, 2.24) is 14.8 Å². The summed E-state index contributed by atoms with van der Waals surface area (Å²) in [6.07, 6.45) is 0.831. The van der Waals surface area contributed by atoms with Crippen molar-refractivity contribution >= 4 is 34.3 Å². The highest BCUT2D eigenvalue weighted by Crippen LogP contribution is 2.31. The average Bonchev–Trinajstić information content (AvgIpc) is 3.20. The van der Waals surface area contributed by atoms with Crippen LogP contribution in [-0.2, 0) is 17.0 Å². The molecular weight excluding hydrogens is 470 g/mol. The first-order valence-corrected chi connectivity index (χ1v) is 12.6. The Morgan fingerprint density at radius 3 is 2.62 bits per heavy atom. The predicted molar refractivity (Wildman–Crippen MR) is 138 cm³/mol. The molecule has 34 heavy (non-hydrogen) atoms. The summed E-state index contributed by atoms with van der Waals surface area (Å²) in [4.78, 5) is 12.3. The molecule has 4 aromatic rings. The van der Waals surface area contributed by atoms with Crippen LogP contribution in [0.3, 0.4) is 0 Å². The zero-order valence-corrected chi connectivity index (χ0v) is 21.4. The van der Waals surface area contributed by atoms with Gasteiger partial charge in [0.1, 0.15) is 5.58 Å². The molecule has 0 radical (unpaired) electrons. The van der Waals surface area contributed by atoms with E-state index in [0.717, 1.165) is 46.0 Å². The first-order chi connectivity index (χ1) is 16.4. The van der Waals surface area contributed by atoms with Crippen LogP contribution in [0.5, 0.6) is 0 Å². The van der Waals surface area contributed by atoms with Crippen molar-refractivity contribution in [3.05, 3.63) is 74.6 Å². The van der Waals surface area contributed by atoms with Crippen molar-refractivity contribution in [2.75, 3.05) is 13.7 Å². The molecule has 0 spiro atoms. The normalized spacial score (nSPS) is 11.6. The maximum Gasteiger partial charge on any atom is 0.336 e. The van der Waals surface area contributed by atoms with Crippen LogP contribution in [-0.4, -0.2) is 28.5 Å². The summed E-state index contributed by atoms with van der Waals surface area (Å²) in [5, 5.41) is 11.4. The van der Waals surface area contributed by atoms with Gasteiger partial charge in [0.25, 0.3) is 0 Å². The Morgan fingerprint density at radius 1 is 1.15 bits per heavy atom. The highest BCUT2D eigenvalue weighted by molar-refractivity contribution is 7.98. The van der Waals surface area contributed by atoms with Crippen molar-refractivity contribution in [3.8, 4) is 11.4 Å². The minimum atomic E-state index is -0.344. The molecule has 0 aliphatic carbocycles. The molecule has 0 saturated heterocycles. The lowest BCUT2D eigenvalue weighted by molar-refractivity contribution is 0.189. The van der Waals surface area contributed by atoms with Crippen LogP contribution >= 0.6 is 23.4 Å². The smallest absolute Gasteiger partial charge is 0.336 e. The standard InChI is InChI=1S/C26H28ClN3O3S/c1-16(2)21-14-22-19(13-24(31)33-23(22)12-17(21)3)15-34-26-29-28-25(30(26)10-5-11-32-4)18-6-8-20(27)9-7-18/h6-9,12-14,16H,5,10-11,15H2,1-4H3. The van der Waals surface area contributed by atoms with Crippen LogP contribution in [0, 0.1) is 6.92 Å². The molecule has 2 heterocycles. The van der Waals surface area contributed by atoms with Crippen LogP contribution in [0.4, 0.5) is 0 Å². The van der Waals surface area contributed by atoms with Crippen LogP contribution in [0.15, 0.2) is 56.8 Å². The van der Waals surface area contributed by atoms with Crippen LogP contribution < -0.4 is 5.63 Å². The van der Waals surface area contributed by atoms with Crippen LogP contribution in [0.25, 0.3) is 22.4 Å². The van der Waals surface area contributed by atoms with Gasteiger partial charge < -0.3 is 13.7 Å². The minimum Gasteiger partial charge on any atom is -0.423 e. The second kappa shape index (κ2) is 10.8. The van der Waals surface area contributed by atoms with Crippen molar-refractivity contribution in [2.24, 2.45) is 0 Å². The summed E-state index contributed by atoms with van der Waals surface area (Å²) in [6.45, 7) is 7.75. The number of halogens is 1. The maximum atomic E-state index is 12.3. The van der Waals surface area contributed by atoms with E-state index in [2.05, 4.69) is 41.6 Å². The van der Waals surface area contributed by atoms with Gasteiger partial charge in [-0.05, 0) is 72.4 Å². The number of rotatable bonds is 9. The molecule has 0 aliphatic rings. The van der Waals surface area contributed by atoms with Gasteiger partial charge >= 0.3 is 5.63 Å². The number of nitrogens with zero attached hydrogens (tertiary/aromatic N) is 3. The molecule has 6 nitrogen and oxygen atoms in total. The highest BCUT2D eigenvalue weighted by atomic mass is 35.5. The van der Waals surface area contributed by atoms with Crippen LogP contribution in [0.1, 0.15) is 42.9 Å². The summed E-state index contributed by atoms with van der Waals surface area (Å²) in [7, 11) is 1.70. The van der Waals surface area contributed by atoms with Crippen molar-refractivity contribution in [2.45, 2.75) is 50.6 Å². The Hall–Kier alpha value is -2.61. The van der Waals surface area contributed by atoms with Gasteiger partial charge in [-0.2, -0.15) is 0 Å². The Labute approximate surface area is 208 Å². The second-order valence-corrected chi connectivity index (χ2v) is 9.93. The van der Waals surface area contributed by atoms with E-state index in [1.807, 2.05) is 30.3 Å². The third-order valence-electron chi connectivity index (χ3n) is 5.75. The zero-order valence-electron chi connectivity index (χ0n) is 19.8. The van der Waals surface area contributed by atoms with Gasteiger partial charge in [-0.3, -0.25) is 0 Å². The first-order valence-electron chi connectivity index (χ1n) is 11.3. The Kier molecular flexibility index (Phi) is 7.76. The number of hydrogen-bond donors (Lipinski definition) is 0. The van der Waals surface area contributed by atoms with Gasteiger partial charge in [-0.1, -0.05) is 37.2 Å². The Bertz CT molecular complexity index is 1350. The molecule has 0 fully saturated rings. The van der Waals surface area contributed by atoms with Crippen molar-refractivity contribution < 1.29 is 9.15 Å². The van der Waals surface area contributed by atoms with E-state index in [0.29, 0.717) is 28.9 Å². The molecule has 8 heteroatoms. The lowest BCUT2D eigenvalue weighted by Gasteiger charge is -2.13. The Morgan fingerprint density at radius 2 is 1.91 bits per heavy atom. The van der Waals surface area contributed by atoms with Gasteiger partial charge in [0.05, 0.1) is 0 Å². The van der Waals surface area contributed by atoms with E-state index >= 15 is 0 Å². The highest BCUT2D eigenvalue weighted by Gasteiger charge is 2.17. The second-order valence-electron chi connectivity index (χ2n) is 8.55. The van der Waals surface area contributed by atoms with E-state index in [1.54, 1.807) is 24.9 Å². The third-order valence-corrected chi connectivity index (χ3v) is 7.01. The van der Waals surface area contributed by atoms with Crippen LogP contribution in [0.2, 0.25) is 5.02 Å². The number of fused-ring (bicyclic) bond motifs is 1. The molecule has 2 aromatic heterocycles. The molecule has 4 rings (SSSR count). The van der Waals surface area contributed by atoms with Gasteiger partial charge in [-0.25, -0.2) is 4.79 Å². The average molecular weight is 498 g/mol. The Balaban J connectivity index is 1.68. The van der Waals surface area contributed by atoms with E-state index in [9.17, 15) is 4.79 Å². The summed E-state index contributed by atoms with van der Waals surface area (Å²) in [6, 6.07) is 13.3. The van der Waals surface area contributed by atoms with Gasteiger partial charge in [0, 0.05) is 48.1 Å². The predicted octanol–water partition coefficient (Wildman–Crippen LogP) is 6.47. The SMILES string of the molecule is COCCCn1c(SCc2cc(=O)oc3cc(C)c(C(C)C)cc23)nnc1-c1ccc(Cl)cc1. The largest absolute Gasteiger partial charge is 0.423 e. The van der Waals surface area contributed by atoms with E-state index in [-0.39, 0.29) is 5.63 Å². The fourth-order valence-electron chi connectivity index (χ4n) is 4.05. The topological polar surface area (TPSA) is 70.2 Å². The zero-order chi connectivity index (χ0) is 24.2. The van der Waals surface area contributed by atoms with Crippen molar-refractivity contribution in [1.29, 1.82) is 0 Å². The monoisotopic (exact) mass is 497 g/mol. The molecule has 0 saturated carbocycles. The molecule has 0 atom stereocenters. The fraction of sp³-hybridized carbons (Fsp3) is 0.346. The van der Waals surface area contributed by atoms with Gasteiger partial charge in [0.15, 0.2) is 11.0 Å². The van der Waals surface area contributed by atoms with E-state index in [4.69, 9.17) is 20.8 Å². The summed E-state index contributed by atoms with van der Waals surface area (Å²) in [5.74, 6) is 1.74. The maximum absolute atomic E-state index is 12.3. The number of aryl methyl sites for hydroxylation is 1. The van der Waals surface area contributed by atoms with Gasteiger partial charge in [-0.15, -0.1) is 10.2 Å². The molecule has 0 N–H and O–H groups in total. The number of benzene rings is 2. The molecule has 0 amide bonds. The molecular formula is C26H28ClN3O3S. The third kappa shape index (κ3) is 5.37. The van der Waals surface area contributed by atoms with E-state index < -0.39 is 0 Å². The number of thioether (sulfide) groups is 1. The number of methoxy groups -OCH3 is 1. The number of hydrogen-bond acceptors (Lipinski definition) is 6. The molecule has 0 unspecified atom stereocenters. The molecule has 2 aromatic carbocycles. The minimum absolute atomic E-state index is 0.344. The molecule has 0 bridgehead atoms.